The Morgan fingerprint density at radius 2 is 1.27 bits per heavy atom. The number of hydrogen-bond acceptors (Lipinski definition) is 7. The molecule has 41 heavy (non-hydrogen) atoms. The van der Waals surface area contributed by atoms with E-state index in [2.05, 4.69) is 20.3 Å². The van der Waals surface area contributed by atoms with E-state index in [0.717, 1.165) is 24.8 Å². The van der Waals surface area contributed by atoms with Crippen LogP contribution in [-0.2, 0) is 15.6 Å². The van der Waals surface area contributed by atoms with Crippen molar-refractivity contribution in [1.82, 2.24) is 20.3 Å². The van der Waals surface area contributed by atoms with E-state index in [1.807, 2.05) is 0 Å². The lowest BCUT2D eigenvalue weighted by Crippen LogP contribution is -2.16. The minimum absolute atomic E-state index is 0.0733. The Labute approximate surface area is 247 Å². The van der Waals surface area contributed by atoms with E-state index in [1.54, 1.807) is 6.20 Å². The topological polar surface area (TPSA) is 141 Å². The van der Waals surface area contributed by atoms with E-state index in [0.29, 0.717) is 43.8 Å². The van der Waals surface area contributed by atoms with Crippen molar-refractivity contribution in [2.75, 3.05) is 25.9 Å². The second-order valence-corrected chi connectivity index (χ2v) is 13.4. The average Bonchev–Trinajstić information content (AvgIpc) is 3.38. The van der Waals surface area contributed by atoms with Crippen LogP contribution < -0.4 is 5.32 Å². The van der Waals surface area contributed by atoms with Crippen molar-refractivity contribution < 1.29 is 24.2 Å². The molecule has 2 aromatic heterocycles. The van der Waals surface area contributed by atoms with Crippen molar-refractivity contribution in [3.63, 3.8) is 0 Å². The molecule has 0 radical (unpaired) electrons. The SMILES string of the molecule is O=P(O)(CCCNCc1c[nH]c2c(O)ncnc12)OCCCCCCCCCCCCCCCCCCCCCO. The van der Waals surface area contributed by atoms with Gasteiger partial charge in [0.25, 0.3) is 0 Å². The fourth-order valence-corrected chi connectivity index (χ4v) is 6.33. The highest BCUT2D eigenvalue weighted by Gasteiger charge is 2.18. The van der Waals surface area contributed by atoms with E-state index in [4.69, 9.17) is 9.63 Å². The van der Waals surface area contributed by atoms with Crippen LogP contribution in [0.15, 0.2) is 12.5 Å². The molecule has 0 saturated carbocycles. The Hall–Kier alpha value is -1.51. The molecule has 0 spiro atoms. The highest BCUT2D eigenvalue weighted by molar-refractivity contribution is 7.52. The Morgan fingerprint density at radius 1 is 0.756 bits per heavy atom. The summed E-state index contributed by atoms with van der Waals surface area (Å²) in [6.07, 6.45) is 27.8. The van der Waals surface area contributed by atoms with Crippen LogP contribution in [0.5, 0.6) is 5.88 Å². The number of aromatic hydroxyl groups is 1. The smallest absolute Gasteiger partial charge is 0.328 e. The van der Waals surface area contributed by atoms with E-state index < -0.39 is 7.60 Å². The standard InChI is InChI=1S/C31H57N4O5P/c36-22-18-16-14-12-10-8-6-4-2-1-3-5-7-9-11-13-15-17-19-23-40-41(38,39)24-20-21-32-25-28-26-33-30-29(28)34-27-35-31(30)37/h26-27,32-33,36H,1-25H2,(H,38,39)(H,34,35,37). The minimum Gasteiger partial charge on any atom is -0.492 e. The number of aliphatic hydroxyl groups is 1. The average molecular weight is 597 g/mol. The maximum Gasteiger partial charge on any atom is 0.328 e. The quantitative estimate of drug-likeness (QED) is 0.0496. The molecule has 5 N–H and O–H groups in total. The molecule has 0 amide bonds. The summed E-state index contributed by atoms with van der Waals surface area (Å²) >= 11 is 0. The number of nitrogens with one attached hydrogen (secondary N) is 2. The third-order valence-corrected chi connectivity index (χ3v) is 9.19. The number of aliphatic hydroxyl groups excluding tert-OH is 1. The summed E-state index contributed by atoms with van der Waals surface area (Å²) in [5.41, 5.74) is 2.10. The number of aromatic amines is 1. The number of nitrogens with zero attached hydrogens (tertiary/aromatic N) is 2. The van der Waals surface area contributed by atoms with Gasteiger partial charge in [-0.2, -0.15) is 0 Å². The zero-order valence-corrected chi connectivity index (χ0v) is 26.2. The van der Waals surface area contributed by atoms with Gasteiger partial charge in [-0.05, 0) is 25.8 Å². The summed E-state index contributed by atoms with van der Waals surface area (Å²) in [5, 5.41) is 21.8. The van der Waals surface area contributed by atoms with Crippen molar-refractivity contribution in [3.05, 3.63) is 18.1 Å². The molecule has 2 heterocycles. The first-order valence-electron chi connectivity index (χ1n) is 16.3. The molecule has 0 bridgehead atoms. The van der Waals surface area contributed by atoms with Gasteiger partial charge >= 0.3 is 7.60 Å². The van der Waals surface area contributed by atoms with Crippen LogP contribution in [-0.4, -0.2) is 56.0 Å². The molecular formula is C31H57N4O5P. The van der Waals surface area contributed by atoms with E-state index in [9.17, 15) is 14.6 Å². The molecule has 0 aliphatic rings. The Kier molecular flexibility index (Phi) is 20.0. The lowest BCUT2D eigenvalue weighted by atomic mass is 10.0. The Balaban J connectivity index is 1.30. The number of fused-ring (bicyclic) bond motifs is 1. The fourth-order valence-electron chi connectivity index (χ4n) is 5.23. The van der Waals surface area contributed by atoms with Gasteiger partial charge in [-0.25, -0.2) is 9.97 Å². The van der Waals surface area contributed by atoms with Gasteiger partial charge in [0, 0.05) is 24.9 Å². The zero-order chi connectivity index (χ0) is 29.4. The molecule has 1 unspecified atom stereocenters. The molecule has 0 saturated heterocycles. The first-order valence-corrected chi connectivity index (χ1v) is 18.1. The van der Waals surface area contributed by atoms with Crippen LogP contribution in [0.3, 0.4) is 0 Å². The maximum absolute atomic E-state index is 12.3. The molecule has 2 aromatic rings. The largest absolute Gasteiger partial charge is 0.492 e. The fraction of sp³-hybridized carbons (Fsp3) is 0.806. The predicted octanol–water partition coefficient (Wildman–Crippen LogP) is 7.75. The van der Waals surface area contributed by atoms with Crippen molar-refractivity contribution in [3.8, 4) is 5.88 Å². The van der Waals surface area contributed by atoms with Gasteiger partial charge in [-0.15, -0.1) is 0 Å². The molecule has 9 nitrogen and oxygen atoms in total. The third-order valence-electron chi connectivity index (χ3n) is 7.73. The van der Waals surface area contributed by atoms with Crippen molar-refractivity contribution in [1.29, 1.82) is 0 Å². The molecule has 0 fully saturated rings. The van der Waals surface area contributed by atoms with Gasteiger partial charge < -0.3 is 29.9 Å². The van der Waals surface area contributed by atoms with Crippen LogP contribution >= 0.6 is 7.60 Å². The number of hydrogen-bond donors (Lipinski definition) is 5. The Bertz CT molecular complexity index is 958. The predicted molar refractivity (Wildman–Crippen MR) is 167 cm³/mol. The van der Waals surface area contributed by atoms with Crippen LogP contribution in [0.2, 0.25) is 0 Å². The highest BCUT2D eigenvalue weighted by Crippen LogP contribution is 2.42. The van der Waals surface area contributed by atoms with Crippen molar-refractivity contribution >= 4 is 18.6 Å². The normalized spacial score (nSPS) is 13.2. The van der Waals surface area contributed by atoms with E-state index >= 15 is 0 Å². The lowest BCUT2D eigenvalue weighted by molar-refractivity contribution is 0.252. The minimum atomic E-state index is -3.54. The molecule has 236 valence electrons. The number of rotatable bonds is 28. The molecule has 0 aromatic carbocycles. The summed E-state index contributed by atoms with van der Waals surface area (Å²) in [7, 11) is -3.54. The maximum atomic E-state index is 12.3. The first-order chi connectivity index (χ1) is 20.0. The second kappa shape index (κ2) is 23.0. The summed E-state index contributed by atoms with van der Waals surface area (Å²) < 4.78 is 17.6. The van der Waals surface area contributed by atoms with Crippen molar-refractivity contribution in [2.24, 2.45) is 0 Å². The molecular weight excluding hydrogens is 539 g/mol. The van der Waals surface area contributed by atoms with Gasteiger partial charge in [0.05, 0.1) is 18.3 Å². The molecule has 1 atom stereocenters. The lowest BCUT2D eigenvalue weighted by Gasteiger charge is -2.12. The summed E-state index contributed by atoms with van der Waals surface area (Å²) in [5.74, 6) is -0.0733. The summed E-state index contributed by atoms with van der Waals surface area (Å²) in [6.45, 7) is 1.83. The van der Waals surface area contributed by atoms with E-state index in [-0.39, 0.29) is 12.0 Å². The van der Waals surface area contributed by atoms with Crippen molar-refractivity contribution in [2.45, 2.75) is 135 Å². The number of H-pyrrole nitrogens is 1. The van der Waals surface area contributed by atoms with E-state index in [1.165, 1.54) is 109 Å². The summed E-state index contributed by atoms with van der Waals surface area (Å²) in [4.78, 5) is 21.0. The monoisotopic (exact) mass is 596 g/mol. The van der Waals surface area contributed by atoms with Gasteiger partial charge in [0.1, 0.15) is 11.8 Å². The summed E-state index contributed by atoms with van der Waals surface area (Å²) in [6, 6.07) is 0. The molecule has 10 heteroatoms. The van der Waals surface area contributed by atoms with Crippen LogP contribution in [0.25, 0.3) is 11.0 Å². The first kappa shape index (κ1) is 35.7. The number of unbranched alkanes of at least 4 members (excludes halogenated alkanes) is 18. The molecule has 0 aliphatic heterocycles. The van der Waals surface area contributed by atoms with Crippen LogP contribution in [0.4, 0.5) is 0 Å². The highest BCUT2D eigenvalue weighted by atomic mass is 31.2. The van der Waals surface area contributed by atoms with Gasteiger partial charge in [-0.3, -0.25) is 4.57 Å². The third kappa shape index (κ3) is 17.3. The number of aromatic nitrogens is 3. The van der Waals surface area contributed by atoms with Crippen LogP contribution in [0.1, 0.15) is 134 Å². The zero-order valence-electron chi connectivity index (χ0n) is 25.3. The molecule has 2 rings (SSSR count). The van der Waals surface area contributed by atoms with Gasteiger partial charge in [-0.1, -0.05) is 109 Å². The molecule has 0 aliphatic carbocycles. The second-order valence-electron chi connectivity index (χ2n) is 11.4. The Morgan fingerprint density at radius 3 is 1.80 bits per heavy atom. The van der Waals surface area contributed by atoms with Gasteiger partial charge in [0.2, 0.25) is 5.88 Å². The van der Waals surface area contributed by atoms with Gasteiger partial charge in [0.15, 0.2) is 0 Å². The van der Waals surface area contributed by atoms with Crippen LogP contribution in [0, 0.1) is 0 Å².